The Labute approximate surface area is 194 Å². The smallest absolute Gasteiger partial charge is 0.297 e. The summed E-state index contributed by atoms with van der Waals surface area (Å²) >= 11 is 5.24. The van der Waals surface area contributed by atoms with Crippen molar-refractivity contribution in [1.29, 1.82) is 0 Å². The number of hydrogen-bond donors (Lipinski definition) is 0. The number of nitrogens with zero attached hydrogens (tertiary/aromatic N) is 4. The molecule has 0 aliphatic heterocycles. The molecular weight excluding hydrogens is 472 g/mol. The molecule has 4 rings (SSSR count). The van der Waals surface area contributed by atoms with Crippen molar-refractivity contribution in [3.8, 4) is 16.9 Å². The maximum atomic E-state index is 13.3. The van der Waals surface area contributed by atoms with Crippen LogP contribution in [-0.4, -0.2) is 13.9 Å². The Balaban J connectivity index is 1.95. The summed E-state index contributed by atoms with van der Waals surface area (Å²) in [5.41, 5.74) is 4.24. The molecule has 5 nitrogen and oxygen atoms in total. The largest absolute Gasteiger partial charge is 0.314 e. The van der Waals surface area contributed by atoms with Crippen molar-refractivity contribution >= 4 is 33.0 Å². The molecule has 0 aliphatic rings. The summed E-state index contributed by atoms with van der Waals surface area (Å²) in [7, 11) is 1.90. The van der Waals surface area contributed by atoms with Crippen LogP contribution in [0.1, 0.15) is 32.0 Å². The van der Waals surface area contributed by atoms with E-state index in [2.05, 4.69) is 45.8 Å². The van der Waals surface area contributed by atoms with E-state index in [4.69, 9.17) is 4.99 Å². The van der Waals surface area contributed by atoms with Gasteiger partial charge in [-0.05, 0) is 38.5 Å². The predicted octanol–water partition coefficient (Wildman–Crippen LogP) is 5.98. The molecule has 0 aliphatic carbocycles. The zero-order valence-electron chi connectivity index (χ0n) is 18.0. The molecule has 0 radical (unpaired) electrons. The third-order valence-electron chi connectivity index (χ3n) is 5.65. The predicted molar refractivity (Wildman–Crippen MR) is 131 cm³/mol. The van der Waals surface area contributed by atoms with Gasteiger partial charge in [0, 0.05) is 28.5 Å². The van der Waals surface area contributed by atoms with Gasteiger partial charge in [-0.3, -0.25) is 9.48 Å². The molecule has 0 saturated carbocycles. The van der Waals surface area contributed by atoms with Gasteiger partial charge in [-0.1, -0.05) is 59.3 Å². The second-order valence-corrected chi connectivity index (χ2v) is 9.22. The van der Waals surface area contributed by atoms with Gasteiger partial charge in [-0.2, -0.15) is 0 Å². The van der Waals surface area contributed by atoms with E-state index in [0.717, 1.165) is 38.3 Å². The minimum Gasteiger partial charge on any atom is -0.314 e. The van der Waals surface area contributed by atoms with Crippen molar-refractivity contribution in [2.24, 2.45) is 12.0 Å². The molecule has 0 fully saturated rings. The van der Waals surface area contributed by atoms with Crippen LogP contribution in [0, 0.1) is 6.92 Å². The summed E-state index contributed by atoms with van der Waals surface area (Å²) in [6, 6.07) is 18.1. The summed E-state index contributed by atoms with van der Waals surface area (Å²) in [4.78, 5) is 19.1. The van der Waals surface area contributed by atoms with Gasteiger partial charge in [-0.25, -0.2) is 9.67 Å². The lowest BCUT2D eigenvalue weighted by Crippen LogP contribution is -2.21. The van der Waals surface area contributed by atoms with Crippen molar-refractivity contribution < 1.29 is 0 Å². The highest BCUT2D eigenvalue weighted by Gasteiger charge is 2.18. The second kappa shape index (κ2) is 8.85. The quantitative estimate of drug-likeness (QED) is 0.335. The lowest BCUT2D eigenvalue weighted by Gasteiger charge is -2.16. The Bertz CT molecular complexity index is 1340. The number of para-hydroxylation sites is 1. The van der Waals surface area contributed by atoms with Crippen LogP contribution in [0.4, 0.5) is 5.69 Å². The Morgan fingerprint density at radius 3 is 2.45 bits per heavy atom. The molecule has 2 aromatic carbocycles. The van der Waals surface area contributed by atoms with Crippen molar-refractivity contribution in [1.82, 2.24) is 13.9 Å². The highest BCUT2D eigenvalue weighted by Crippen LogP contribution is 2.31. The molecule has 0 saturated heterocycles. The first kappa shape index (κ1) is 21.6. The van der Waals surface area contributed by atoms with Crippen LogP contribution in [0.15, 0.2) is 74.2 Å². The van der Waals surface area contributed by atoms with Crippen LogP contribution in [0.5, 0.6) is 0 Å². The third-order valence-corrected chi connectivity index (χ3v) is 7.19. The second-order valence-electron chi connectivity index (χ2n) is 7.53. The molecule has 160 valence electrons. The molecule has 4 aromatic rings. The zero-order valence-corrected chi connectivity index (χ0v) is 20.4. The van der Waals surface area contributed by atoms with Crippen LogP contribution < -0.4 is 10.4 Å². The maximum Gasteiger partial charge on any atom is 0.297 e. The summed E-state index contributed by atoms with van der Waals surface area (Å²) in [6.07, 6.45) is 0.962. The Morgan fingerprint density at radius 2 is 1.77 bits per heavy atom. The van der Waals surface area contributed by atoms with E-state index < -0.39 is 0 Å². The average molecular weight is 497 g/mol. The minimum atomic E-state index is -0.113. The fourth-order valence-corrected chi connectivity index (χ4v) is 5.14. The topological polar surface area (TPSA) is 44.2 Å². The molecule has 1 unspecified atom stereocenters. The van der Waals surface area contributed by atoms with E-state index >= 15 is 0 Å². The first-order valence-electron chi connectivity index (χ1n) is 10.3. The molecule has 2 heterocycles. The number of halogens is 1. The van der Waals surface area contributed by atoms with E-state index in [9.17, 15) is 4.79 Å². The summed E-state index contributed by atoms with van der Waals surface area (Å²) in [5, 5.41) is 2.12. The first-order valence-corrected chi connectivity index (χ1v) is 11.9. The number of rotatable bonds is 5. The van der Waals surface area contributed by atoms with Gasteiger partial charge < -0.3 is 4.57 Å². The fourth-order valence-electron chi connectivity index (χ4n) is 3.65. The van der Waals surface area contributed by atoms with Crippen molar-refractivity contribution in [3.05, 3.63) is 85.3 Å². The number of benzene rings is 2. The van der Waals surface area contributed by atoms with Crippen molar-refractivity contribution in [3.63, 3.8) is 0 Å². The zero-order chi connectivity index (χ0) is 22.1. The van der Waals surface area contributed by atoms with E-state index in [1.54, 1.807) is 16.0 Å². The van der Waals surface area contributed by atoms with Crippen molar-refractivity contribution in [2.75, 3.05) is 0 Å². The molecule has 0 bridgehead atoms. The standard InChI is InChI=1S/C24H25BrN4OS/c1-5-16(2)28-21(19-13-9-10-14-20(19)25)15-31-24(28)26-22-17(3)27(4)29(23(22)30)18-11-7-6-8-12-18/h6-16H,5H2,1-4H3. The molecule has 7 heteroatoms. The van der Waals surface area contributed by atoms with E-state index in [-0.39, 0.29) is 11.6 Å². The Kier molecular flexibility index (Phi) is 6.16. The Hall–Kier alpha value is -2.64. The fraction of sp³-hybridized carbons (Fsp3) is 0.250. The van der Waals surface area contributed by atoms with Crippen LogP contribution in [0.2, 0.25) is 0 Å². The van der Waals surface area contributed by atoms with Crippen LogP contribution in [0.3, 0.4) is 0 Å². The van der Waals surface area contributed by atoms with Gasteiger partial charge in [0.2, 0.25) is 0 Å². The van der Waals surface area contributed by atoms with Crippen LogP contribution in [0.25, 0.3) is 16.9 Å². The molecule has 2 aromatic heterocycles. The molecule has 31 heavy (non-hydrogen) atoms. The van der Waals surface area contributed by atoms with E-state index in [0.29, 0.717) is 5.69 Å². The first-order chi connectivity index (χ1) is 14.9. The molecule has 0 N–H and O–H groups in total. The monoisotopic (exact) mass is 496 g/mol. The molecule has 0 amide bonds. The number of aromatic nitrogens is 3. The van der Waals surface area contributed by atoms with Gasteiger partial charge in [0.15, 0.2) is 10.5 Å². The third kappa shape index (κ3) is 3.88. The highest BCUT2D eigenvalue weighted by molar-refractivity contribution is 9.10. The molecular formula is C24H25BrN4OS. The summed E-state index contributed by atoms with van der Waals surface area (Å²) < 4.78 is 6.82. The number of hydrogen-bond acceptors (Lipinski definition) is 3. The molecule has 1 atom stereocenters. The van der Waals surface area contributed by atoms with Gasteiger partial charge in [-0.15, -0.1) is 11.3 Å². The van der Waals surface area contributed by atoms with Gasteiger partial charge in [0.05, 0.1) is 17.1 Å². The van der Waals surface area contributed by atoms with Gasteiger partial charge in [0.1, 0.15) is 0 Å². The van der Waals surface area contributed by atoms with Crippen LogP contribution >= 0.6 is 27.3 Å². The van der Waals surface area contributed by atoms with Gasteiger partial charge >= 0.3 is 0 Å². The highest BCUT2D eigenvalue weighted by atomic mass is 79.9. The van der Waals surface area contributed by atoms with Crippen LogP contribution in [-0.2, 0) is 7.05 Å². The SMILES string of the molecule is CCC(C)n1c(-c2ccccc2Br)csc1=Nc1c(C)n(C)n(-c2ccccc2)c1=O. The normalized spacial score (nSPS) is 13.0. The van der Waals surface area contributed by atoms with E-state index in [1.807, 2.05) is 67.2 Å². The lowest BCUT2D eigenvalue weighted by molar-refractivity contribution is 0.524. The molecule has 0 spiro atoms. The Morgan fingerprint density at radius 1 is 1.10 bits per heavy atom. The van der Waals surface area contributed by atoms with Gasteiger partial charge in [0.25, 0.3) is 5.56 Å². The minimum absolute atomic E-state index is 0.113. The maximum absolute atomic E-state index is 13.3. The van der Waals surface area contributed by atoms with E-state index in [1.165, 1.54) is 0 Å². The average Bonchev–Trinajstić information content (AvgIpc) is 3.29. The van der Waals surface area contributed by atoms with Crippen molar-refractivity contribution in [2.45, 2.75) is 33.2 Å². The number of thiazole rings is 1. The lowest BCUT2D eigenvalue weighted by atomic mass is 10.1. The summed E-state index contributed by atoms with van der Waals surface area (Å²) in [5.74, 6) is 0. The summed E-state index contributed by atoms with van der Waals surface area (Å²) in [6.45, 7) is 6.29.